The number of ether oxygens (including phenoxy) is 1. The van der Waals surface area contributed by atoms with Crippen LogP contribution in [-0.4, -0.2) is 46.4 Å². The molecule has 0 radical (unpaired) electrons. The standard InChI is InChI=1S/C20H25N3O3/c1-2-26-19(25)20(11-9-16-7-4-3-5-8-16)10-6-12-23(14-20)18(24)17-13-21-15-22-17/h3-5,7-8,13,15H,2,6,9-12,14H2,1H3,(H,21,22). The Morgan fingerprint density at radius 3 is 2.81 bits per heavy atom. The van der Waals surface area contributed by atoms with Gasteiger partial charge in [-0.1, -0.05) is 30.3 Å². The molecule has 6 heteroatoms. The summed E-state index contributed by atoms with van der Waals surface area (Å²) in [6, 6.07) is 10.1. The number of nitrogens with zero attached hydrogens (tertiary/aromatic N) is 2. The second-order valence-corrected chi connectivity index (χ2v) is 6.78. The van der Waals surface area contributed by atoms with Gasteiger partial charge >= 0.3 is 5.97 Å². The molecule has 0 spiro atoms. The number of esters is 1. The number of aryl methyl sites for hydroxylation is 1. The summed E-state index contributed by atoms with van der Waals surface area (Å²) in [7, 11) is 0. The van der Waals surface area contributed by atoms with E-state index in [1.54, 1.807) is 4.90 Å². The van der Waals surface area contributed by atoms with Gasteiger partial charge in [0.15, 0.2) is 0 Å². The summed E-state index contributed by atoms with van der Waals surface area (Å²) in [5, 5.41) is 0. The molecule has 0 aliphatic carbocycles. The average molecular weight is 355 g/mol. The predicted molar refractivity (Wildman–Crippen MR) is 97.6 cm³/mol. The van der Waals surface area contributed by atoms with Gasteiger partial charge in [-0.05, 0) is 38.2 Å². The van der Waals surface area contributed by atoms with Crippen molar-refractivity contribution in [3.05, 3.63) is 54.1 Å². The van der Waals surface area contributed by atoms with Gasteiger partial charge in [-0.2, -0.15) is 0 Å². The number of aromatic nitrogens is 2. The highest BCUT2D eigenvalue weighted by Gasteiger charge is 2.44. The molecule has 1 unspecified atom stereocenters. The monoisotopic (exact) mass is 355 g/mol. The Labute approximate surface area is 153 Å². The summed E-state index contributed by atoms with van der Waals surface area (Å²) in [5.74, 6) is -0.311. The summed E-state index contributed by atoms with van der Waals surface area (Å²) in [6.07, 6.45) is 5.99. The van der Waals surface area contributed by atoms with Crippen LogP contribution in [0.25, 0.3) is 0 Å². The molecule has 3 rings (SSSR count). The highest BCUT2D eigenvalue weighted by Crippen LogP contribution is 2.36. The number of benzene rings is 1. The number of aromatic amines is 1. The number of hydrogen-bond acceptors (Lipinski definition) is 4. The number of H-pyrrole nitrogens is 1. The Bertz CT molecular complexity index is 730. The van der Waals surface area contributed by atoms with Crippen molar-refractivity contribution >= 4 is 11.9 Å². The predicted octanol–water partition coefficient (Wildman–Crippen LogP) is 2.83. The van der Waals surface area contributed by atoms with E-state index in [0.717, 1.165) is 19.3 Å². The van der Waals surface area contributed by atoms with Crippen LogP contribution in [0.15, 0.2) is 42.9 Å². The molecule has 0 bridgehead atoms. The summed E-state index contributed by atoms with van der Waals surface area (Å²) in [5.41, 5.74) is 0.987. The first-order valence-electron chi connectivity index (χ1n) is 9.13. The maximum absolute atomic E-state index is 12.8. The lowest BCUT2D eigenvalue weighted by Gasteiger charge is -2.41. The molecular formula is C20H25N3O3. The maximum Gasteiger partial charge on any atom is 0.313 e. The fraction of sp³-hybridized carbons (Fsp3) is 0.450. The minimum absolute atomic E-state index is 0.115. The SMILES string of the molecule is CCOC(=O)C1(CCc2ccccc2)CCCN(C(=O)c2cnc[nH]2)C1. The van der Waals surface area contributed by atoms with Crippen LogP contribution < -0.4 is 0 Å². The lowest BCUT2D eigenvalue weighted by molar-refractivity contribution is -0.159. The topological polar surface area (TPSA) is 75.3 Å². The van der Waals surface area contributed by atoms with Gasteiger partial charge < -0.3 is 14.6 Å². The molecular weight excluding hydrogens is 330 g/mol. The van der Waals surface area contributed by atoms with Crippen LogP contribution in [0.3, 0.4) is 0 Å². The quantitative estimate of drug-likeness (QED) is 0.809. The first-order chi connectivity index (χ1) is 12.6. The summed E-state index contributed by atoms with van der Waals surface area (Å²) < 4.78 is 5.39. The summed E-state index contributed by atoms with van der Waals surface area (Å²) >= 11 is 0. The molecule has 138 valence electrons. The molecule has 1 amide bonds. The van der Waals surface area contributed by atoms with Gasteiger partial charge in [0.1, 0.15) is 5.69 Å². The molecule has 1 saturated heterocycles. The lowest BCUT2D eigenvalue weighted by atomic mass is 9.75. The van der Waals surface area contributed by atoms with Crippen molar-refractivity contribution < 1.29 is 14.3 Å². The zero-order chi connectivity index (χ0) is 18.4. The fourth-order valence-electron chi connectivity index (χ4n) is 3.63. The average Bonchev–Trinajstić information content (AvgIpc) is 3.22. The van der Waals surface area contributed by atoms with Crippen LogP contribution >= 0.6 is 0 Å². The van der Waals surface area contributed by atoms with Crippen molar-refractivity contribution in [1.82, 2.24) is 14.9 Å². The van der Waals surface area contributed by atoms with Gasteiger partial charge in [0.25, 0.3) is 5.91 Å². The zero-order valence-corrected chi connectivity index (χ0v) is 15.1. The van der Waals surface area contributed by atoms with Crippen molar-refractivity contribution in [2.45, 2.75) is 32.6 Å². The second kappa shape index (κ2) is 8.17. The fourth-order valence-corrected chi connectivity index (χ4v) is 3.63. The third-order valence-electron chi connectivity index (χ3n) is 5.04. The van der Waals surface area contributed by atoms with E-state index in [2.05, 4.69) is 22.1 Å². The van der Waals surface area contributed by atoms with E-state index >= 15 is 0 Å². The van der Waals surface area contributed by atoms with Crippen LogP contribution in [-0.2, 0) is 16.0 Å². The second-order valence-electron chi connectivity index (χ2n) is 6.78. The summed E-state index contributed by atoms with van der Waals surface area (Å²) in [6.45, 7) is 3.19. The molecule has 0 saturated carbocycles. The molecule has 2 aromatic rings. The number of rotatable bonds is 6. The number of carbonyl (C=O) groups excluding carboxylic acids is 2. The van der Waals surface area contributed by atoms with E-state index < -0.39 is 5.41 Å². The van der Waals surface area contributed by atoms with Gasteiger partial charge in [-0.25, -0.2) is 4.98 Å². The zero-order valence-electron chi connectivity index (χ0n) is 15.1. The van der Waals surface area contributed by atoms with Crippen LogP contribution in [0, 0.1) is 5.41 Å². The van der Waals surface area contributed by atoms with Crippen molar-refractivity contribution in [2.24, 2.45) is 5.41 Å². The Morgan fingerprint density at radius 1 is 1.31 bits per heavy atom. The number of imidazole rings is 1. The minimum Gasteiger partial charge on any atom is -0.466 e. The molecule has 6 nitrogen and oxygen atoms in total. The summed E-state index contributed by atoms with van der Waals surface area (Å²) in [4.78, 5) is 34.0. The highest BCUT2D eigenvalue weighted by molar-refractivity contribution is 5.92. The number of nitrogens with one attached hydrogen (secondary N) is 1. The van der Waals surface area contributed by atoms with E-state index in [1.165, 1.54) is 18.1 Å². The number of likely N-dealkylation sites (tertiary alicyclic amines) is 1. The van der Waals surface area contributed by atoms with E-state index in [4.69, 9.17) is 4.74 Å². The van der Waals surface area contributed by atoms with Crippen LogP contribution in [0.2, 0.25) is 0 Å². The number of carbonyl (C=O) groups is 2. The van der Waals surface area contributed by atoms with Gasteiger partial charge in [-0.15, -0.1) is 0 Å². The highest BCUT2D eigenvalue weighted by atomic mass is 16.5. The van der Waals surface area contributed by atoms with Gasteiger partial charge in [0.05, 0.1) is 24.5 Å². The largest absolute Gasteiger partial charge is 0.466 e. The van der Waals surface area contributed by atoms with E-state index in [0.29, 0.717) is 31.8 Å². The Hall–Kier alpha value is -2.63. The number of hydrogen-bond donors (Lipinski definition) is 1. The number of piperidine rings is 1. The minimum atomic E-state index is -0.653. The first-order valence-corrected chi connectivity index (χ1v) is 9.13. The molecule has 1 aromatic heterocycles. The van der Waals surface area contributed by atoms with Crippen LogP contribution in [0.4, 0.5) is 0 Å². The van der Waals surface area contributed by atoms with Crippen molar-refractivity contribution in [1.29, 1.82) is 0 Å². The smallest absolute Gasteiger partial charge is 0.313 e. The van der Waals surface area contributed by atoms with Gasteiger partial charge in [0, 0.05) is 13.1 Å². The molecule has 1 aliphatic rings. The maximum atomic E-state index is 12.8. The Kier molecular flexibility index (Phi) is 5.71. The van der Waals surface area contributed by atoms with Gasteiger partial charge in [0.2, 0.25) is 0 Å². The van der Waals surface area contributed by atoms with Crippen LogP contribution in [0.1, 0.15) is 42.2 Å². The van der Waals surface area contributed by atoms with E-state index in [9.17, 15) is 9.59 Å². The molecule has 2 heterocycles. The molecule has 1 aromatic carbocycles. The molecule has 26 heavy (non-hydrogen) atoms. The van der Waals surface area contributed by atoms with Crippen molar-refractivity contribution in [2.75, 3.05) is 19.7 Å². The van der Waals surface area contributed by atoms with Crippen molar-refractivity contribution in [3.8, 4) is 0 Å². The lowest BCUT2D eigenvalue weighted by Crippen LogP contribution is -2.50. The number of amides is 1. The van der Waals surface area contributed by atoms with Crippen LogP contribution in [0.5, 0.6) is 0 Å². The van der Waals surface area contributed by atoms with E-state index in [1.807, 2.05) is 25.1 Å². The van der Waals surface area contributed by atoms with Gasteiger partial charge in [-0.3, -0.25) is 9.59 Å². The molecule has 1 atom stereocenters. The first kappa shape index (κ1) is 18.2. The Morgan fingerprint density at radius 2 is 2.12 bits per heavy atom. The Balaban J connectivity index is 1.78. The van der Waals surface area contributed by atoms with Crippen molar-refractivity contribution in [3.63, 3.8) is 0 Å². The molecule has 1 fully saturated rings. The molecule has 1 N–H and O–H groups in total. The normalized spacial score (nSPS) is 20.0. The third-order valence-corrected chi connectivity index (χ3v) is 5.04. The molecule has 1 aliphatic heterocycles. The van der Waals surface area contributed by atoms with E-state index in [-0.39, 0.29) is 11.9 Å². The third kappa shape index (κ3) is 3.95.